The molecule has 0 fully saturated rings. The summed E-state index contributed by atoms with van der Waals surface area (Å²) in [4.78, 5) is 30.9. The van der Waals surface area contributed by atoms with Crippen molar-refractivity contribution in [2.45, 2.75) is 0 Å². The number of nitrogens with one attached hydrogen (secondary N) is 1. The van der Waals surface area contributed by atoms with E-state index >= 15 is 0 Å². The standard InChI is InChI=1S/C32H22BrFN4O5/c1-41-27-7-4-8-28-24(27)16-29(43-28)31-37-25-6-3-2-5-23(25)32(40)38(31)35-17-19-15-20(33)9-14-26(19)42-18-30(39)36-22-12-10-21(34)11-13-22/h2-17H,18H2,1H3,(H,36,39). The normalized spacial score (nSPS) is 11.3. The van der Waals surface area contributed by atoms with Gasteiger partial charge in [-0.15, -0.1) is 0 Å². The van der Waals surface area contributed by atoms with Gasteiger partial charge < -0.3 is 19.2 Å². The van der Waals surface area contributed by atoms with Crippen LogP contribution in [0.25, 0.3) is 33.5 Å². The second kappa shape index (κ2) is 11.9. The Morgan fingerprint density at radius 1 is 1.02 bits per heavy atom. The number of halogens is 2. The number of rotatable bonds is 8. The molecule has 1 amide bonds. The number of aromatic nitrogens is 2. The molecule has 0 spiro atoms. The van der Waals surface area contributed by atoms with E-state index in [4.69, 9.17) is 18.9 Å². The first kappa shape index (κ1) is 27.9. The number of ether oxygens (including phenoxy) is 2. The summed E-state index contributed by atoms with van der Waals surface area (Å²) < 4.78 is 32.4. The maximum atomic E-state index is 13.7. The summed E-state index contributed by atoms with van der Waals surface area (Å²) in [5, 5.41) is 8.26. The van der Waals surface area contributed by atoms with Gasteiger partial charge in [0.25, 0.3) is 11.5 Å². The van der Waals surface area contributed by atoms with Gasteiger partial charge in [0.05, 0.1) is 29.6 Å². The molecule has 6 rings (SSSR count). The summed E-state index contributed by atoms with van der Waals surface area (Å²) in [6.07, 6.45) is 1.45. The fourth-order valence-corrected chi connectivity index (χ4v) is 4.84. The summed E-state index contributed by atoms with van der Waals surface area (Å²) in [6, 6.07) is 24.7. The van der Waals surface area contributed by atoms with E-state index in [2.05, 4.69) is 26.3 Å². The number of hydrogen-bond acceptors (Lipinski definition) is 7. The lowest BCUT2D eigenvalue weighted by molar-refractivity contribution is -0.118. The average molecular weight is 641 g/mol. The SMILES string of the molecule is COc1cccc2oc(-c3nc4ccccc4c(=O)n3N=Cc3cc(Br)ccc3OCC(=O)Nc3ccc(F)cc3)cc12. The van der Waals surface area contributed by atoms with Crippen LogP contribution in [-0.4, -0.2) is 35.5 Å². The van der Waals surface area contributed by atoms with Gasteiger partial charge in [0.2, 0.25) is 5.82 Å². The zero-order valence-corrected chi connectivity index (χ0v) is 24.2. The molecule has 0 saturated carbocycles. The molecule has 214 valence electrons. The first-order valence-corrected chi connectivity index (χ1v) is 13.8. The molecule has 0 aliphatic rings. The number of furan rings is 1. The van der Waals surface area contributed by atoms with Crippen molar-refractivity contribution >= 4 is 55.6 Å². The summed E-state index contributed by atoms with van der Waals surface area (Å²) >= 11 is 3.45. The molecule has 0 aliphatic heterocycles. The van der Waals surface area contributed by atoms with E-state index in [9.17, 15) is 14.0 Å². The lowest BCUT2D eigenvalue weighted by Crippen LogP contribution is -2.21. The average Bonchev–Trinajstić information content (AvgIpc) is 3.46. The number of benzene rings is 4. The molecule has 11 heteroatoms. The van der Waals surface area contributed by atoms with Gasteiger partial charge in [-0.1, -0.05) is 34.1 Å². The van der Waals surface area contributed by atoms with Crippen LogP contribution in [0.15, 0.2) is 110 Å². The number of nitrogens with zero attached hydrogens (tertiary/aromatic N) is 3. The Labute approximate surface area is 252 Å². The number of carbonyl (C=O) groups excluding carboxylic acids is 1. The highest BCUT2D eigenvalue weighted by molar-refractivity contribution is 9.10. The first-order valence-electron chi connectivity index (χ1n) is 13.0. The smallest absolute Gasteiger partial charge is 0.282 e. The van der Waals surface area contributed by atoms with Gasteiger partial charge in [-0.05, 0) is 72.8 Å². The van der Waals surface area contributed by atoms with Crippen LogP contribution >= 0.6 is 15.9 Å². The number of fused-ring (bicyclic) bond motifs is 2. The third kappa shape index (κ3) is 5.88. The number of para-hydroxylation sites is 1. The fraction of sp³-hybridized carbons (Fsp3) is 0.0625. The van der Waals surface area contributed by atoms with E-state index in [0.29, 0.717) is 45.0 Å². The van der Waals surface area contributed by atoms with Crippen LogP contribution in [-0.2, 0) is 4.79 Å². The van der Waals surface area contributed by atoms with Crippen LogP contribution in [0.3, 0.4) is 0 Å². The fourth-order valence-electron chi connectivity index (χ4n) is 4.46. The van der Waals surface area contributed by atoms with Crippen molar-refractivity contribution in [3.05, 3.63) is 117 Å². The molecule has 0 radical (unpaired) electrons. The summed E-state index contributed by atoms with van der Waals surface area (Å²) in [7, 11) is 1.57. The Hall–Kier alpha value is -5.29. The van der Waals surface area contributed by atoms with Gasteiger partial charge in [-0.2, -0.15) is 9.78 Å². The maximum Gasteiger partial charge on any atom is 0.282 e. The van der Waals surface area contributed by atoms with E-state index in [1.165, 1.54) is 35.2 Å². The van der Waals surface area contributed by atoms with Crippen molar-refractivity contribution in [2.75, 3.05) is 19.0 Å². The largest absolute Gasteiger partial charge is 0.496 e. The van der Waals surface area contributed by atoms with Crippen LogP contribution in [0.2, 0.25) is 0 Å². The molecule has 0 atom stereocenters. The number of carbonyl (C=O) groups is 1. The quantitative estimate of drug-likeness (QED) is 0.187. The molecule has 0 aliphatic carbocycles. The monoisotopic (exact) mass is 640 g/mol. The van der Waals surface area contributed by atoms with Crippen LogP contribution in [0.1, 0.15) is 5.56 Å². The van der Waals surface area contributed by atoms with Crippen LogP contribution in [0.5, 0.6) is 11.5 Å². The summed E-state index contributed by atoms with van der Waals surface area (Å²) in [5.41, 5.74) is 1.57. The number of hydrogen-bond donors (Lipinski definition) is 1. The number of anilines is 1. The molecule has 4 aromatic carbocycles. The minimum absolute atomic E-state index is 0.189. The minimum Gasteiger partial charge on any atom is -0.496 e. The molecule has 2 heterocycles. The second-order valence-electron chi connectivity index (χ2n) is 9.32. The third-order valence-corrected chi connectivity index (χ3v) is 6.98. The summed E-state index contributed by atoms with van der Waals surface area (Å²) in [5.74, 6) is 0.632. The Morgan fingerprint density at radius 3 is 2.65 bits per heavy atom. The van der Waals surface area contributed by atoms with Gasteiger partial charge in [-0.25, -0.2) is 9.37 Å². The van der Waals surface area contributed by atoms with E-state index < -0.39 is 17.3 Å². The van der Waals surface area contributed by atoms with Crippen molar-refractivity contribution in [3.63, 3.8) is 0 Å². The topological polar surface area (TPSA) is 108 Å². The van der Waals surface area contributed by atoms with Crippen molar-refractivity contribution in [2.24, 2.45) is 5.10 Å². The van der Waals surface area contributed by atoms with Crippen molar-refractivity contribution in [1.82, 2.24) is 9.66 Å². The second-order valence-corrected chi connectivity index (χ2v) is 10.2. The van der Waals surface area contributed by atoms with E-state index in [0.717, 1.165) is 9.86 Å². The van der Waals surface area contributed by atoms with Crippen molar-refractivity contribution in [3.8, 4) is 23.1 Å². The minimum atomic E-state index is -0.435. The zero-order valence-electron chi connectivity index (χ0n) is 22.6. The highest BCUT2D eigenvalue weighted by Crippen LogP contribution is 2.33. The Bertz CT molecular complexity index is 2070. The van der Waals surface area contributed by atoms with Crippen LogP contribution < -0.4 is 20.3 Å². The predicted molar refractivity (Wildman–Crippen MR) is 165 cm³/mol. The van der Waals surface area contributed by atoms with Gasteiger partial charge in [0, 0.05) is 15.7 Å². The first-order chi connectivity index (χ1) is 20.9. The Kier molecular flexibility index (Phi) is 7.71. The molecular weight excluding hydrogens is 619 g/mol. The van der Waals surface area contributed by atoms with Gasteiger partial charge in [0.1, 0.15) is 22.9 Å². The highest BCUT2D eigenvalue weighted by Gasteiger charge is 2.18. The number of amides is 1. The molecule has 0 bridgehead atoms. The number of methoxy groups -OCH3 is 1. The van der Waals surface area contributed by atoms with Crippen molar-refractivity contribution < 1.29 is 23.1 Å². The highest BCUT2D eigenvalue weighted by atomic mass is 79.9. The predicted octanol–water partition coefficient (Wildman–Crippen LogP) is 6.62. The third-order valence-electron chi connectivity index (χ3n) is 6.49. The molecule has 0 unspecified atom stereocenters. The Balaban J connectivity index is 1.36. The molecule has 43 heavy (non-hydrogen) atoms. The molecule has 9 nitrogen and oxygen atoms in total. The van der Waals surface area contributed by atoms with Gasteiger partial charge >= 0.3 is 0 Å². The Morgan fingerprint density at radius 2 is 1.84 bits per heavy atom. The van der Waals surface area contributed by atoms with Gasteiger partial charge in [0.15, 0.2) is 12.4 Å². The molecule has 2 aromatic heterocycles. The van der Waals surface area contributed by atoms with Crippen LogP contribution in [0.4, 0.5) is 10.1 Å². The lowest BCUT2D eigenvalue weighted by atomic mass is 10.2. The zero-order chi connectivity index (χ0) is 29.9. The van der Waals surface area contributed by atoms with E-state index in [-0.39, 0.29) is 12.4 Å². The van der Waals surface area contributed by atoms with E-state index in [1.54, 1.807) is 61.7 Å². The lowest BCUT2D eigenvalue weighted by Gasteiger charge is -2.11. The maximum absolute atomic E-state index is 13.7. The molecule has 0 saturated heterocycles. The molecule has 6 aromatic rings. The van der Waals surface area contributed by atoms with E-state index in [1.807, 2.05) is 12.1 Å². The van der Waals surface area contributed by atoms with Crippen molar-refractivity contribution in [1.29, 1.82) is 0 Å². The molecular formula is C32H22BrFN4O5. The van der Waals surface area contributed by atoms with Crippen LogP contribution in [0, 0.1) is 5.82 Å². The van der Waals surface area contributed by atoms with Gasteiger partial charge in [-0.3, -0.25) is 9.59 Å². The molecule has 1 N–H and O–H groups in total. The summed E-state index contributed by atoms with van der Waals surface area (Å²) in [6.45, 7) is -0.316.